The van der Waals surface area contributed by atoms with Crippen molar-refractivity contribution >= 4 is 83.2 Å². The number of carbonyl (C=O) groups excluding carboxylic acids is 1. The van der Waals surface area contributed by atoms with Crippen molar-refractivity contribution in [2.45, 2.75) is 39.8 Å². The number of piperidine rings is 1. The summed E-state index contributed by atoms with van der Waals surface area (Å²) < 4.78 is 3.27. The molecule has 109 valence electrons. The van der Waals surface area contributed by atoms with Crippen LogP contribution in [0.4, 0.5) is 0 Å². The predicted molar refractivity (Wildman–Crippen MR) is 86.9 cm³/mol. The third-order valence-electron chi connectivity index (χ3n) is 3.29. The van der Waals surface area contributed by atoms with Crippen LogP contribution in [0.25, 0.3) is 0 Å². The van der Waals surface area contributed by atoms with Gasteiger partial charge in [0.25, 0.3) is 0 Å². The monoisotopic (exact) mass is 870 g/mol. The summed E-state index contributed by atoms with van der Waals surface area (Å²) in [5, 5.41) is 9.31. The Morgan fingerprint density at radius 3 is 2.57 bits per heavy atom. The number of hydrogen-bond donors (Lipinski definition) is 0. The van der Waals surface area contributed by atoms with Gasteiger partial charge in [-0.2, -0.15) is 0 Å². The van der Waals surface area contributed by atoms with Gasteiger partial charge in [-0.15, -0.1) is 0 Å². The fourth-order valence-corrected chi connectivity index (χ4v) is 3.79. The van der Waals surface area contributed by atoms with Crippen molar-refractivity contribution in [1.82, 2.24) is 9.80 Å². The first-order valence-electron chi connectivity index (χ1n) is 6.98. The summed E-state index contributed by atoms with van der Waals surface area (Å²) in [6.07, 6.45) is 1.72. The van der Waals surface area contributed by atoms with Crippen molar-refractivity contribution in [1.29, 1.82) is 5.26 Å². The van der Waals surface area contributed by atoms with Crippen LogP contribution < -0.4 is 0 Å². The van der Waals surface area contributed by atoms with Crippen LogP contribution in [0.1, 0.15) is 26.7 Å². The Hall–Kier alpha value is 1.25. The van der Waals surface area contributed by atoms with Crippen LogP contribution in [0.5, 0.6) is 0 Å². The molecule has 1 fully saturated rings. The molecule has 0 aromatic rings. The SMILES string of the molecule is CC.CN(CC#[C][Pb])C1CCN(C(=O)[CH]([Pb])[Pb])C(C#N)C1. The van der Waals surface area contributed by atoms with Crippen molar-refractivity contribution in [2.75, 3.05) is 20.1 Å². The summed E-state index contributed by atoms with van der Waals surface area (Å²) in [6.45, 7) is 5.49. The van der Waals surface area contributed by atoms with Crippen molar-refractivity contribution in [3.05, 3.63) is 0 Å². The van der Waals surface area contributed by atoms with Crippen LogP contribution in [0.3, 0.4) is 0 Å². The fourth-order valence-electron chi connectivity index (χ4n) is 2.19. The molecule has 1 amide bonds. The molecule has 21 heavy (non-hydrogen) atoms. The molecule has 0 N–H and O–H groups in total. The van der Waals surface area contributed by atoms with Gasteiger partial charge < -0.3 is 0 Å². The molecule has 2 atom stereocenters. The number of rotatable bonds is 3. The zero-order valence-electron chi connectivity index (χ0n) is 12.8. The van der Waals surface area contributed by atoms with E-state index in [4.69, 9.17) is 0 Å². The molecule has 9 radical (unpaired) electrons. The first-order chi connectivity index (χ1) is 10.0. The predicted octanol–water partition coefficient (Wildman–Crippen LogP) is 0.0400. The Morgan fingerprint density at radius 2 is 2.10 bits per heavy atom. The Balaban J connectivity index is 0.00000191. The number of nitriles is 1. The molecule has 0 spiro atoms. The van der Waals surface area contributed by atoms with E-state index in [0.717, 1.165) is 103 Å². The van der Waals surface area contributed by atoms with Gasteiger partial charge in [-0.05, 0) is 0 Å². The number of amides is 1. The average molecular weight is 868 g/mol. The van der Waals surface area contributed by atoms with Crippen molar-refractivity contribution < 1.29 is 4.79 Å². The van der Waals surface area contributed by atoms with Crippen LogP contribution in [-0.2, 0) is 4.79 Å². The van der Waals surface area contributed by atoms with Gasteiger partial charge in [0.15, 0.2) is 0 Å². The van der Waals surface area contributed by atoms with Gasteiger partial charge in [-0.3, -0.25) is 0 Å². The molecule has 1 saturated heterocycles. The molecule has 4 nitrogen and oxygen atoms in total. The van der Waals surface area contributed by atoms with E-state index in [-0.39, 0.29) is 13.0 Å². The van der Waals surface area contributed by atoms with Gasteiger partial charge in [-0.25, -0.2) is 0 Å². The summed E-state index contributed by atoms with van der Waals surface area (Å²) in [4.78, 5) is 16.2. The number of hydrogen-bond acceptors (Lipinski definition) is 3. The van der Waals surface area contributed by atoms with E-state index in [1.54, 1.807) is 0 Å². The zero-order valence-corrected chi connectivity index (χ0v) is 24.5. The Morgan fingerprint density at radius 1 is 1.48 bits per heavy atom. The molecule has 0 aromatic heterocycles. The number of carbonyl (C=O) groups is 1. The van der Waals surface area contributed by atoms with Crippen LogP contribution in [0.15, 0.2) is 0 Å². The molecule has 1 aliphatic rings. The fraction of sp³-hybridized carbons (Fsp3) is 0.714. The first-order valence-corrected chi connectivity index (χ1v) is 13.4. The second kappa shape index (κ2) is 12.6. The molecule has 1 heterocycles. The minimum absolute atomic E-state index is 0.213. The van der Waals surface area contributed by atoms with Crippen molar-refractivity contribution in [3.8, 4) is 15.5 Å². The molecular formula is C14H20N3OPb3. The van der Waals surface area contributed by atoms with E-state index in [1.165, 1.54) is 0 Å². The van der Waals surface area contributed by atoms with Gasteiger partial charge in [0.2, 0.25) is 0 Å². The van der Waals surface area contributed by atoms with E-state index in [1.807, 2.05) is 18.7 Å². The van der Waals surface area contributed by atoms with Crippen LogP contribution in [-0.4, -0.2) is 125 Å². The number of likely N-dealkylation sites (tertiary alicyclic amines) is 1. The Kier molecular flexibility index (Phi) is 13.4. The summed E-state index contributed by atoms with van der Waals surface area (Å²) in [5.41, 5.74) is 0. The summed E-state index contributed by atoms with van der Waals surface area (Å²) in [7, 11) is 2.06. The molecule has 7 heteroatoms. The summed E-state index contributed by atoms with van der Waals surface area (Å²) >= 11 is 2.73. The van der Waals surface area contributed by atoms with Gasteiger partial charge in [-0.1, -0.05) is 13.8 Å². The van der Waals surface area contributed by atoms with Gasteiger partial charge in [0.05, 0.1) is 0 Å². The average Bonchev–Trinajstić information content (AvgIpc) is 2.52. The maximum absolute atomic E-state index is 12.1. The second-order valence-corrected chi connectivity index (χ2v) is 18.7. The Labute approximate surface area is 176 Å². The quantitative estimate of drug-likeness (QED) is 0.298. The van der Waals surface area contributed by atoms with Crippen LogP contribution >= 0.6 is 0 Å². The third kappa shape index (κ3) is 7.57. The molecule has 0 bridgehead atoms. The maximum atomic E-state index is 12.1. The Bertz CT molecular complexity index is 425. The standard InChI is InChI=1S/C12H14N3O.C2H6.3Pb/c1-4-6-14(3)11-5-7-15(10(2)16)12(8-11)9-13;1-2;;;/h2,11-12H,5-8H2,3H3;1-2H3;;;. The van der Waals surface area contributed by atoms with Gasteiger partial charge >= 0.3 is 165 Å². The molecule has 0 saturated carbocycles. The van der Waals surface area contributed by atoms with Crippen LogP contribution in [0, 0.1) is 20.7 Å². The van der Waals surface area contributed by atoms with Crippen LogP contribution in [0.2, 0.25) is 1.04 Å². The van der Waals surface area contributed by atoms with Crippen molar-refractivity contribution in [3.63, 3.8) is 0 Å². The molecule has 1 rings (SSSR count). The topological polar surface area (TPSA) is 47.3 Å². The van der Waals surface area contributed by atoms with E-state index < -0.39 is 0 Å². The molecule has 1 aliphatic heterocycles. The molecule has 0 aromatic carbocycles. The molecule has 0 aliphatic carbocycles. The van der Waals surface area contributed by atoms with E-state index in [2.05, 4.69) is 27.4 Å². The van der Waals surface area contributed by atoms with Gasteiger partial charge in [0.1, 0.15) is 0 Å². The van der Waals surface area contributed by atoms with Gasteiger partial charge in [0, 0.05) is 0 Å². The molecule has 2 unspecified atom stereocenters. The normalized spacial score (nSPS) is 21.0. The first kappa shape index (κ1) is 22.2. The minimum atomic E-state index is -0.247. The zero-order chi connectivity index (χ0) is 16.4. The summed E-state index contributed by atoms with van der Waals surface area (Å²) in [6, 6.07) is 2.44. The second-order valence-electron chi connectivity index (χ2n) is 4.50. The van der Waals surface area contributed by atoms with Crippen molar-refractivity contribution in [2.24, 2.45) is 0 Å². The third-order valence-corrected chi connectivity index (χ3v) is 5.90. The van der Waals surface area contributed by atoms with E-state index in [0.29, 0.717) is 6.04 Å². The van der Waals surface area contributed by atoms with E-state index in [9.17, 15) is 10.1 Å². The molecular weight excluding hydrogens is 848 g/mol. The summed E-state index contributed by atoms with van der Waals surface area (Å²) in [5.74, 6) is 3.33. The van der Waals surface area contributed by atoms with E-state index >= 15 is 0 Å². The number of nitrogens with zero attached hydrogens (tertiary/aromatic N) is 3.